The van der Waals surface area contributed by atoms with Crippen LogP contribution in [0, 0.1) is 0 Å². The first-order valence-corrected chi connectivity index (χ1v) is 23.1. The molecule has 16 nitrogen and oxygen atoms in total. The van der Waals surface area contributed by atoms with E-state index in [4.69, 9.17) is 30.5 Å². The molecular weight excluding hydrogens is 857 g/mol. The summed E-state index contributed by atoms with van der Waals surface area (Å²) in [5.74, 6) is 1.66. The number of aromatic nitrogens is 8. The molecule has 2 aliphatic rings. The number of hydrogen-bond donors (Lipinski definition) is 6. The van der Waals surface area contributed by atoms with Crippen LogP contribution in [0.25, 0.3) is 73.5 Å². The van der Waals surface area contributed by atoms with E-state index in [0.717, 1.165) is 97.8 Å². The van der Waals surface area contributed by atoms with Gasteiger partial charge in [0, 0.05) is 71.0 Å². The Morgan fingerprint density at radius 2 is 1.15 bits per heavy atom. The Balaban J connectivity index is 0.000000170. The number of hydrogen-bond acceptors (Lipinski definition) is 14. The van der Waals surface area contributed by atoms with Gasteiger partial charge < -0.3 is 41.1 Å². The third-order valence-electron chi connectivity index (χ3n) is 12.5. The molecule has 346 valence electrons. The quantitative estimate of drug-likeness (QED) is 0.0670. The maximum Gasteiger partial charge on any atom is 0.255 e. The normalized spacial score (nSPS) is 14.0. The molecule has 0 atom stereocenters. The Hall–Kier alpha value is -7.82. The Bertz CT molecular complexity index is 3160. The lowest BCUT2D eigenvalue weighted by molar-refractivity contribution is 0.433. The average molecular weight is 911 g/mol. The first-order valence-electron chi connectivity index (χ1n) is 23.1. The fourth-order valence-corrected chi connectivity index (χ4v) is 8.80. The summed E-state index contributed by atoms with van der Waals surface area (Å²) in [6, 6.07) is 23.7. The van der Waals surface area contributed by atoms with Gasteiger partial charge in [0.25, 0.3) is 11.1 Å². The summed E-state index contributed by atoms with van der Waals surface area (Å²) < 4.78 is 11.2. The summed E-state index contributed by atoms with van der Waals surface area (Å²) in [5.41, 5.74) is 24.0. The zero-order chi connectivity index (χ0) is 47.0. The highest BCUT2D eigenvalue weighted by molar-refractivity contribution is 5.76. The maximum atomic E-state index is 12.5. The topological polar surface area (TPSA) is 245 Å². The van der Waals surface area contributed by atoms with Crippen LogP contribution in [0.2, 0.25) is 0 Å². The average Bonchev–Trinajstić information content (AvgIpc) is 4.08. The minimum absolute atomic E-state index is 0.0279. The highest BCUT2D eigenvalue weighted by Gasteiger charge is 2.22. The molecule has 68 heavy (non-hydrogen) atoms. The maximum absolute atomic E-state index is 12.5. The molecule has 0 unspecified atom stereocenters. The van der Waals surface area contributed by atoms with Gasteiger partial charge in [-0.2, -0.15) is 0 Å². The first-order chi connectivity index (χ1) is 33.2. The van der Waals surface area contributed by atoms with Crippen molar-refractivity contribution in [2.75, 3.05) is 25.6 Å². The van der Waals surface area contributed by atoms with Crippen LogP contribution in [0.4, 0.5) is 11.6 Å². The van der Waals surface area contributed by atoms with E-state index in [1.807, 2.05) is 74.8 Å². The number of rotatable bonds is 12. The number of pyridine rings is 2. The van der Waals surface area contributed by atoms with E-state index in [2.05, 4.69) is 59.1 Å². The molecule has 1 fully saturated rings. The number of allylic oxidation sites excluding steroid dienone is 2. The first kappa shape index (κ1) is 45.3. The van der Waals surface area contributed by atoms with Gasteiger partial charge in [-0.05, 0) is 87.4 Å². The standard InChI is InChI=1S/C26H28N6O2.C26H26N6O2/c2*1-28-13-16-7-9-18(10-8-16)21-12-23(34-32-21)24-25(27)29-15-22(31-24)19-11-20(26(33)30-14-19)17-5-3-2-4-6-17/h7-12,14-15,17,28H,2-6,13H2,1H3,(H2,27,29)(H,30,33);5,7-12,14-15,28H,2-4,6,13H2,1H3,(H2,27,29)(H,30,33). The molecule has 6 heterocycles. The monoisotopic (exact) mass is 910 g/mol. The summed E-state index contributed by atoms with van der Waals surface area (Å²) in [6.45, 7) is 1.60. The second-order valence-electron chi connectivity index (χ2n) is 17.2. The van der Waals surface area contributed by atoms with E-state index in [1.54, 1.807) is 24.8 Å². The van der Waals surface area contributed by atoms with Crippen molar-refractivity contribution in [1.82, 2.24) is 50.9 Å². The molecule has 8 aromatic rings. The van der Waals surface area contributed by atoms with Gasteiger partial charge in [-0.15, -0.1) is 0 Å². The van der Waals surface area contributed by atoms with Crippen LogP contribution in [-0.2, 0) is 13.1 Å². The molecule has 10 rings (SSSR count). The van der Waals surface area contributed by atoms with Gasteiger partial charge in [0.2, 0.25) is 0 Å². The molecule has 0 aliphatic heterocycles. The smallest absolute Gasteiger partial charge is 0.255 e. The fourth-order valence-electron chi connectivity index (χ4n) is 8.80. The molecule has 6 aromatic heterocycles. The van der Waals surface area contributed by atoms with Gasteiger partial charge in [0.05, 0.1) is 23.8 Å². The van der Waals surface area contributed by atoms with Crippen molar-refractivity contribution in [3.05, 3.63) is 147 Å². The van der Waals surface area contributed by atoms with E-state index in [1.165, 1.54) is 17.5 Å². The van der Waals surface area contributed by atoms with Crippen LogP contribution in [0.15, 0.2) is 122 Å². The number of H-pyrrole nitrogens is 2. The van der Waals surface area contributed by atoms with Gasteiger partial charge >= 0.3 is 0 Å². The molecule has 2 aromatic carbocycles. The number of benzene rings is 2. The van der Waals surface area contributed by atoms with Crippen LogP contribution in [0.3, 0.4) is 0 Å². The Morgan fingerprint density at radius 1 is 0.618 bits per heavy atom. The third kappa shape index (κ3) is 10.3. The van der Waals surface area contributed by atoms with Crippen LogP contribution < -0.4 is 33.2 Å². The molecule has 0 spiro atoms. The van der Waals surface area contributed by atoms with E-state index in [-0.39, 0.29) is 28.7 Å². The number of nitrogen functional groups attached to an aromatic ring is 2. The van der Waals surface area contributed by atoms with E-state index < -0.39 is 0 Å². The second-order valence-corrected chi connectivity index (χ2v) is 17.2. The second kappa shape index (κ2) is 20.8. The van der Waals surface area contributed by atoms with Crippen LogP contribution in [0.5, 0.6) is 0 Å². The van der Waals surface area contributed by atoms with Gasteiger partial charge in [-0.25, -0.2) is 19.9 Å². The molecule has 2 aliphatic carbocycles. The van der Waals surface area contributed by atoms with Crippen LogP contribution in [0.1, 0.15) is 86.0 Å². The predicted octanol–water partition coefficient (Wildman–Crippen LogP) is 8.92. The highest BCUT2D eigenvalue weighted by Crippen LogP contribution is 2.35. The minimum atomic E-state index is -0.0962. The summed E-state index contributed by atoms with van der Waals surface area (Å²) in [4.78, 5) is 48.8. The molecule has 0 amide bonds. The Kier molecular flexibility index (Phi) is 13.9. The molecule has 8 N–H and O–H groups in total. The number of anilines is 2. The number of nitrogens with two attached hydrogens (primary N) is 2. The van der Waals surface area contributed by atoms with Gasteiger partial charge in [-0.3, -0.25) is 9.59 Å². The number of nitrogens with zero attached hydrogens (tertiary/aromatic N) is 6. The molecule has 0 saturated heterocycles. The Morgan fingerprint density at radius 3 is 1.66 bits per heavy atom. The third-order valence-corrected chi connectivity index (χ3v) is 12.5. The summed E-state index contributed by atoms with van der Waals surface area (Å²) in [5, 5.41) is 14.7. The predicted molar refractivity (Wildman–Crippen MR) is 265 cm³/mol. The van der Waals surface area contributed by atoms with Crippen molar-refractivity contribution < 1.29 is 9.05 Å². The minimum Gasteiger partial charge on any atom is -0.382 e. The SMILES string of the molecule is CNCc1ccc(-c2cc(-c3nc(-c4c[nH]c(=O)c(C5=CCCCC5)c4)cnc3N)on2)cc1.CNCc1ccc(-c2cc(-c3nc(-c4c[nH]c(=O)c(C5CCCCC5)c4)cnc3N)on2)cc1. The van der Waals surface area contributed by atoms with E-state index in [0.29, 0.717) is 51.2 Å². The molecule has 0 radical (unpaired) electrons. The number of nitrogens with one attached hydrogen (secondary N) is 4. The lowest BCUT2D eigenvalue weighted by Crippen LogP contribution is -2.18. The molecule has 0 bridgehead atoms. The van der Waals surface area contributed by atoms with Crippen molar-refractivity contribution in [3.8, 4) is 67.9 Å². The van der Waals surface area contributed by atoms with Gasteiger partial charge in [0.15, 0.2) is 34.5 Å². The van der Waals surface area contributed by atoms with Crippen molar-refractivity contribution >= 4 is 17.2 Å². The highest BCUT2D eigenvalue weighted by atomic mass is 16.5. The Labute approximate surface area is 392 Å². The summed E-state index contributed by atoms with van der Waals surface area (Å²) >= 11 is 0. The lowest BCUT2D eigenvalue weighted by Gasteiger charge is -2.21. The lowest BCUT2D eigenvalue weighted by atomic mass is 9.84. The summed E-state index contributed by atoms with van der Waals surface area (Å²) in [6.07, 6.45) is 18.5. The van der Waals surface area contributed by atoms with E-state index in [9.17, 15) is 9.59 Å². The molecular formula is C52H54N12O4. The largest absolute Gasteiger partial charge is 0.382 e. The van der Waals surface area contributed by atoms with Crippen LogP contribution >= 0.6 is 0 Å². The fraction of sp³-hybridized carbons (Fsp3) is 0.269. The van der Waals surface area contributed by atoms with Crippen molar-refractivity contribution in [2.24, 2.45) is 0 Å². The zero-order valence-electron chi connectivity index (χ0n) is 38.1. The van der Waals surface area contributed by atoms with Crippen molar-refractivity contribution in [2.45, 2.75) is 76.8 Å². The van der Waals surface area contributed by atoms with Crippen molar-refractivity contribution in [1.29, 1.82) is 0 Å². The summed E-state index contributed by atoms with van der Waals surface area (Å²) in [7, 11) is 3.83. The molecule has 1 saturated carbocycles. The van der Waals surface area contributed by atoms with Gasteiger partial charge in [-0.1, -0.05) is 84.2 Å². The molecule has 16 heteroatoms. The van der Waals surface area contributed by atoms with Crippen LogP contribution in [-0.4, -0.2) is 54.3 Å². The van der Waals surface area contributed by atoms with Crippen molar-refractivity contribution in [3.63, 3.8) is 0 Å². The zero-order valence-corrected chi connectivity index (χ0v) is 38.1. The number of aromatic amines is 2. The van der Waals surface area contributed by atoms with E-state index >= 15 is 0 Å². The van der Waals surface area contributed by atoms with Gasteiger partial charge in [0.1, 0.15) is 11.4 Å².